The second-order valence-electron chi connectivity index (χ2n) is 12.5. The first-order chi connectivity index (χ1) is 23.1. The Bertz CT molecular complexity index is 1800. The van der Waals surface area contributed by atoms with Gasteiger partial charge in [0.2, 0.25) is 11.8 Å². The molecule has 1 aliphatic carbocycles. The molecule has 2 fully saturated rings. The molecule has 6 rings (SSSR count). The third kappa shape index (κ3) is 7.34. The van der Waals surface area contributed by atoms with Crippen LogP contribution < -0.4 is 24.8 Å². The first kappa shape index (κ1) is 33.1. The molecule has 4 aromatic rings. The summed E-state index contributed by atoms with van der Waals surface area (Å²) in [7, 11) is 1.56. The van der Waals surface area contributed by atoms with Gasteiger partial charge in [-0.05, 0) is 60.4 Å². The summed E-state index contributed by atoms with van der Waals surface area (Å²) in [5.74, 6) is -1.72. The highest BCUT2D eigenvalue weighted by molar-refractivity contribution is 6.04. The average Bonchev–Trinajstić information content (AvgIpc) is 3.67. The Hall–Kier alpha value is -4.81. The molecule has 2 amide bonds. The lowest BCUT2D eigenvalue weighted by molar-refractivity contribution is -0.122. The smallest absolute Gasteiger partial charge is 0.228 e. The number of hydrogen-bond donors (Lipinski definition) is 2. The molecule has 0 spiro atoms. The van der Waals surface area contributed by atoms with Gasteiger partial charge < -0.3 is 29.6 Å². The molecule has 1 aliphatic heterocycles. The fourth-order valence-corrected chi connectivity index (χ4v) is 6.15. The number of methoxy groups -OCH3 is 1. The van der Waals surface area contributed by atoms with Crippen LogP contribution in [0.3, 0.4) is 0 Å². The highest BCUT2D eigenvalue weighted by Crippen LogP contribution is 2.59. The van der Waals surface area contributed by atoms with E-state index < -0.39 is 34.8 Å². The highest BCUT2D eigenvalue weighted by Gasteiger charge is 2.65. The van der Waals surface area contributed by atoms with Crippen molar-refractivity contribution in [3.05, 3.63) is 78.5 Å². The molecule has 3 aromatic carbocycles. The van der Waals surface area contributed by atoms with Gasteiger partial charge in [-0.1, -0.05) is 13.8 Å². The number of morpholine rings is 1. The number of benzene rings is 3. The molecule has 0 bridgehead atoms. The molecule has 1 aromatic heterocycles. The molecule has 0 radical (unpaired) electrons. The third-order valence-electron chi connectivity index (χ3n) is 8.89. The van der Waals surface area contributed by atoms with Crippen LogP contribution in [0.4, 0.5) is 20.2 Å². The number of carbonyl (C=O) groups excluding carboxylic acids is 2. The van der Waals surface area contributed by atoms with E-state index in [4.69, 9.17) is 18.9 Å². The number of nitrogens with zero attached hydrogens (tertiary/aromatic N) is 2. The van der Waals surface area contributed by atoms with Gasteiger partial charge in [0.05, 0.1) is 44.3 Å². The van der Waals surface area contributed by atoms with E-state index in [-0.39, 0.29) is 17.3 Å². The summed E-state index contributed by atoms with van der Waals surface area (Å²) in [6, 6.07) is 14.7. The van der Waals surface area contributed by atoms with Crippen molar-refractivity contribution in [1.29, 1.82) is 0 Å². The number of hydrogen-bond acceptors (Lipinski definition) is 8. The summed E-state index contributed by atoms with van der Waals surface area (Å²) >= 11 is 0. The van der Waals surface area contributed by atoms with Crippen molar-refractivity contribution in [2.45, 2.75) is 20.3 Å². The van der Waals surface area contributed by atoms with Crippen molar-refractivity contribution in [2.75, 3.05) is 57.2 Å². The van der Waals surface area contributed by atoms with Gasteiger partial charge in [-0.3, -0.25) is 19.5 Å². The molecule has 1 saturated heterocycles. The molecule has 10 nitrogen and oxygen atoms in total. The molecular formula is C36H38F2N4O6. The number of pyridine rings is 1. The fraction of sp³-hybridized carbons (Fsp3) is 0.361. The number of carbonyl (C=O) groups is 2. The highest BCUT2D eigenvalue weighted by atomic mass is 19.1. The standard InChI is InChI=1S/C36H38F2N4O6/c1-36(2)32(34(43)40-23-7-5-22(37)6-8-23)33(36)35(44)41-24-9-10-29(26(38)19-24)48-28-11-12-39-27-21-30(45-3)31(20-25(27)28)47-16-4-13-42-14-17-46-18-15-42/h5-12,19-21,32-33H,4,13-18H2,1-3H3,(H,40,43)(H,41,44)/t32-,33+/m0/s1. The summed E-state index contributed by atoms with van der Waals surface area (Å²) in [4.78, 5) is 32.8. The monoisotopic (exact) mass is 660 g/mol. The lowest BCUT2D eigenvalue weighted by Crippen LogP contribution is -2.37. The van der Waals surface area contributed by atoms with E-state index in [9.17, 15) is 14.0 Å². The number of aromatic nitrogens is 1. The zero-order valence-corrected chi connectivity index (χ0v) is 27.1. The van der Waals surface area contributed by atoms with E-state index >= 15 is 4.39 Å². The van der Waals surface area contributed by atoms with Crippen molar-refractivity contribution in [3.63, 3.8) is 0 Å². The van der Waals surface area contributed by atoms with E-state index in [1.165, 1.54) is 42.5 Å². The van der Waals surface area contributed by atoms with Crippen molar-refractivity contribution in [2.24, 2.45) is 17.3 Å². The number of nitrogens with one attached hydrogen (secondary N) is 2. The Labute approximate surface area is 277 Å². The molecule has 12 heteroatoms. The van der Waals surface area contributed by atoms with E-state index in [0.717, 1.165) is 39.3 Å². The van der Waals surface area contributed by atoms with Crippen molar-refractivity contribution >= 4 is 34.1 Å². The molecular weight excluding hydrogens is 622 g/mol. The van der Waals surface area contributed by atoms with E-state index in [1.807, 2.05) is 13.8 Å². The average molecular weight is 661 g/mol. The van der Waals surface area contributed by atoms with Crippen molar-refractivity contribution < 1.29 is 37.3 Å². The SMILES string of the molecule is COc1cc2nccc(Oc3ccc(NC(=O)[C@H]4[C@@H](C(=O)Nc5ccc(F)cc5)C4(C)C)cc3F)c2cc1OCCCN1CCOCC1. The van der Waals surface area contributed by atoms with Crippen LogP contribution in [0, 0.1) is 28.9 Å². The lowest BCUT2D eigenvalue weighted by atomic mass is 10.1. The van der Waals surface area contributed by atoms with Crippen LogP contribution in [-0.4, -0.2) is 68.3 Å². The molecule has 2 N–H and O–H groups in total. The maximum absolute atomic E-state index is 15.3. The second kappa shape index (κ2) is 14.1. The van der Waals surface area contributed by atoms with E-state index in [2.05, 4.69) is 20.5 Å². The number of ether oxygens (including phenoxy) is 4. The van der Waals surface area contributed by atoms with Crippen LogP contribution in [0.1, 0.15) is 20.3 Å². The molecule has 2 aliphatic rings. The van der Waals surface area contributed by atoms with Crippen LogP contribution in [-0.2, 0) is 14.3 Å². The van der Waals surface area contributed by atoms with Gasteiger partial charge in [0.25, 0.3) is 0 Å². The fourth-order valence-electron chi connectivity index (χ4n) is 6.15. The predicted molar refractivity (Wildman–Crippen MR) is 177 cm³/mol. The minimum Gasteiger partial charge on any atom is -0.493 e. The lowest BCUT2D eigenvalue weighted by Gasteiger charge is -2.26. The second-order valence-corrected chi connectivity index (χ2v) is 12.5. The summed E-state index contributed by atoms with van der Waals surface area (Å²) < 4.78 is 51.6. The Morgan fingerprint density at radius 1 is 0.896 bits per heavy atom. The maximum atomic E-state index is 15.3. The van der Waals surface area contributed by atoms with Crippen LogP contribution in [0.2, 0.25) is 0 Å². The number of amides is 2. The molecule has 252 valence electrons. The number of halogens is 2. The topological polar surface area (TPSA) is 111 Å². The Morgan fingerprint density at radius 2 is 1.58 bits per heavy atom. The normalized spacial score (nSPS) is 18.6. The van der Waals surface area contributed by atoms with Crippen LogP contribution in [0.5, 0.6) is 23.0 Å². The number of anilines is 2. The summed E-state index contributed by atoms with van der Waals surface area (Å²) in [5.41, 5.74) is 0.624. The summed E-state index contributed by atoms with van der Waals surface area (Å²) in [6.07, 6.45) is 2.39. The molecule has 1 saturated carbocycles. The number of fused-ring (bicyclic) bond motifs is 1. The number of rotatable bonds is 12. The van der Waals surface area contributed by atoms with Crippen LogP contribution in [0.15, 0.2) is 66.9 Å². The maximum Gasteiger partial charge on any atom is 0.228 e. The van der Waals surface area contributed by atoms with E-state index in [0.29, 0.717) is 40.4 Å². The molecule has 2 atom stereocenters. The molecule has 48 heavy (non-hydrogen) atoms. The van der Waals surface area contributed by atoms with Gasteiger partial charge in [0.1, 0.15) is 11.6 Å². The van der Waals surface area contributed by atoms with Gasteiger partial charge in [0, 0.05) is 54.7 Å². The van der Waals surface area contributed by atoms with Gasteiger partial charge >= 0.3 is 0 Å². The summed E-state index contributed by atoms with van der Waals surface area (Å²) in [6.45, 7) is 8.33. The van der Waals surface area contributed by atoms with Crippen molar-refractivity contribution in [3.8, 4) is 23.0 Å². The van der Waals surface area contributed by atoms with E-state index in [1.54, 1.807) is 31.5 Å². The van der Waals surface area contributed by atoms with Gasteiger partial charge in [0.15, 0.2) is 23.1 Å². The van der Waals surface area contributed by atoms with Gasteiger partial charge in [-0.25, -0.2) is 8.78 Å². The summed E-state index contributed by atoms with van der Waals surface area (Å²) in [5, 5.41) is 6.07. The first-order valence-electron chi connectivity index (χ1n) is 15.9. The predicted octanol–water partition coefficient (Wildman–Crippen LogP) is 6.26. The van der Waals surface area contributed by atoms with Crippen LogP contribution in [0.25, 0.3) is 10.9 Å². The minimum atomic E-state index is -0.688. The first-order valence-corrected chi connectivity index (χ1v) is 15.9. The van der Waals surface area contributed by atoms with Gasteiger partial charge in [-0.2, -0.15) is 0 Å². The zero-order chi connectivity index (χ0) is 33.8. The quantitative estimate of drug-likeness (QED) is 0.171. The van der Waals surface area contributed by atoms with Gasteiger partial charge in [-0.15, -0.1) is 0 Å². The third-order valence-corrected chi connectivity index (χ3v) is 8.89. The Balaban J connectivity index is 1.10. The van der Waals surface area contributed by atoms with Crippen LogP contribution >= 0.6 is 0 Å². The molecule has 2 heterocycles. The minimum absolute atomic E-state index is 0.0485. The Morgan fingerprint density at radius 3 is 2.27 bits per heavy atom. The Kier molecular flexibility index (Phi) is 9.74. The largest absolute Gasteiger partial charge is 0.493 e. The zero-order valence-electron chi connectivity index (χ0n) is 27.1. The van der Waals surface area contributed by atoms with Crippen molar-refractivity contribution in [1.82, 2.24) is 9.88 Å². The molecule has 0 unspecified atom stereocenters.